The van der Waals surface area contributed by atoms with Crippen LogP contribution in [-0.4, -0.2) is 62.3 Å². The van der Waals surface area contributed by atoms with E-state index in [1.54, 1.807) is 0 Å². The van der Waals surface area contributed by atoms with Crippen LogP contribution in [0.2, 0.25) is 0 Å². The van der Waals surface area contributed by atoms with Gasteiger partial charge in [-0.3, -0.25) is 0 Å². The van der Waals surface area contributed by atoms with Crippen LogP contribution in [0, 0.1) is 0 Å². The lowest BCUT2D eigenvalue weighted by Crippen LogP contribution is -2.42. The number of nitrogens with one attached hydrogen (secondary N) is 2. The fourth-order valence-electron chi connectivity index (χ4n) is 6.59. The standard InChI is InChI=1S/C38H38N2O7/c41-21-22-45-36(42)35(40-38(44)47-24-34-31-17-7-3-13-27(31)28-14-4-8-18-32(28)34)19-9-10-20-39-37(43)46-23-33-29-15-5-1-11-25(29)26-12-2-6-16-30(26)33/h1-8,11-18,33-35,41H,9-10,19-24H2,(H,39,43)(H,40,44). The predicted molar refractivity (Wildman–Crippen MR) is 177 cm³/mol. The summed E-state index contributed by atoms with van der Waals surface area (Å²) < 4.78 is 16.3. The van der Waals surface area contributed by atoms with Crippen LogP contribution >= 0.6 is 0 Å². The molecule has 0 saturated carbocycles. The van der Waals surface area contributed by atoms with Gasteiger partial charge in [0.1, 0.15) is 25.9 Å². The van der Waals surface area contributed by atoms with Gasteiger partial charge in [0.05, 0.1) is 6.61 Å². The highest BCUT2D eigenvalue weighted by Crippen LogP contribution is 2.45. The monoisotopic (exact) mass is 634 g/mol. The van der Waals surface area contributed by atoms with Crippen LogP contribution < -0.4 is 10.6 Å². The Kier molecular flexibility index (Phi) is 10.1. The molecule has 0 radical (unpaired) electrons. The molecule has 9 heteroatoms. The molecule has 0 aromatic heterocycles. The Morgan fingerprint density at radius 1 is 0.617 bits per heavy atom. The minimum atomic E-state index is -0.966. The zero-order chi connectivity index (χ0) is 32.6. The number of benzene rings is 4. The van der Waals surface area contributed by atoms with Crippen molar-refractivity contribution in [1.29, 1.82) is 0 Å². The summed E-state index contributed by atoms with van der Waals surface area (Å²) in [7, 11) is 0. The molecule has 0 heterocycles. The summed E-state index contributed by atoms with van der Waals surface area (Å²) >= 11 is 0. The van der Waals surface area contributed by atoms with Crippen LogP contribution in [0.15, 0.2) is 97.1 Å². The molecule has 0 bridgehead atoms. The van der Waals surface area contributed by atoms with Crippen molar-refractivity contribution in [2.45, 2.75) is 37.1 Å². The molecule has 0 spiro atoms. The molecule has 2 amide bonds. The van der Waals surface area contributed by atoms with Crippen molar-refractivity contribution < 1.29 is 33.7 Å². The largest absolute Gasteiger partial charge is 0.462 e. The number of amides is 2. The summed E-state index contributed by atoms with van der Waals surface area (Å²) in [6.45, 7) is 0.170. The fourth-order valence-corrected chi connectivity index (χ4v) is 6.59. The number of alkyl carbamates (subject to hydrolysis) is 2. The SMILES string of the molecule is O=C(NCCCCC(NC(=O)OCC1c2ccccc2-c2ccccc21)C(=O)OCCO)OCC1c2ccccc2-c2ccccc21. The Balaban J connectivity index is 0.960. The van der Waals surface area contributed by atoms with Crippen molar-refractivity contribution in [3.05, 3.63) is 119 Å². The highest BCUT2D eigenvalue weighted by atomic mass is 16.6. The lowest BCUT2D eigenvalue weighted by Gasteiger charge is -2.19. The topological polar surface area (TPSA) is 123 Å². The van der Waals surface area contributed by atoms with E-state index < -0.39 is 24.2 Å². The van der Waals surface area contributed by atoms with Gasteiger partial charge in [-0.15, -0.1) is 0 Å². The normalized spacial score (nSPS) is 13.5. The molecular weight excluding hydrogens is 596 g/mol. The van der Waals surface area contributed by atoms with Gasteiger partial charge in [-0.05, 0) is 63.8 Å². The number of aliphatic hydroxyl groups is 1. The first kappa shape index (κ1) is 31.8. The van der Waals surface area contributed by atoms with Crippen molar-refractivity contribution in [1.82, 2.24) is 10.6 Å². The Morgan fingerprint density at radius 2 is 1.06 bits per heavy atom. The van der Waals surface area contributed by atoms with E-state index in [0.29, 0.717) is 19.4 Å². The van der Waals surface area contributed by atoms with E-state index in [1.807, 2.05) is 60.7 Å². The zero-order valence-electron chi connectivity index (χ0n) is 26.0. The van der Waals surface area contributed by atoms with Crippen LogP contribution in [0.3, 0.4) is 0 Å². The van der Waals surface area contributed by atoms with Gasteiger partial charge in [-0.2, -0.15) is 0 Å². The first-order chi connectivity index (χ1) is 23.0. The molecule has 6 rings (SSSR count). The van der Waals surface area contributed by atoms with E-state index >= 15 is 0 Å². The van der Waals surface area contributed by atoms with E-state index in [-0.39, 0.29) is 44.7 Å². The number of carbonyl (C=O) groups excluding carboxylic acids is 3. The minimum absolute atomic E-state index is 0.0252. The number of hydrogen-bond acceptors (Lipinski definition) is 7. The molecule has 47 heavy (non-hydrogen) atoms. The maximum atomic E-state index is 12.9. The fraction of sp³-hybridized carbons (Fsp3) is 0.289. The van der Waals surface area contributed by atoms with E-state index in [4.69, 9.17) is 19.3 Å². The van der Waals surface area contributed by atoms with Gasteiger partial charge in [0.15, 0.2) is 0 Å². The predicted octanol–water partition coefficient (Wildman–Crippen LogP) is 6.14. The van der Waals surface area contributed by atoms with Crippen LogP contribution in [0.5, 0.6) is 0 Å². The smallest absolute Gasteiger partial charge is 0.407 e. The van der Waals surface area contributed by atoms with Crippen molar-refractivity contribution in [2.24, 2.45) is 0 Å². The zero-order valence-corrected chi connectivity index (χ0v) is 26.0. The van der Waals surface area contributed by atoms with Gasteiger partial charge in [-0.25, -0.2) is 14.4 Å². The van der Waals surface area contributed by atoms with Crippen LogP contribution in [0.1, 0.15) is 53.4 Å². The Morgan fingerprint density at radius 3 is 1.53 bits per heavy atom. The van der Waals surface area contributed by atoms with Crippen molar-refractivity contribution >= 4 is 18.2 Å². The van der Waals surface area contributed by atoms with E-state index in [9.17, 15) is 14.4 Å². The summed E-state index contributed by atoms with van der Waals surface area (Å²) in [6.07, 6.45) is 0.0741. The number of unbranched alkanes of at least 4 members (excludes halogenated alkanes) is 1. The van der Waals surface area contributed by atoms with Crippen LogP contribution in [0.4, 0.5) is 9.59 Å². The molecule has 3 N–H and O–H groups in total. The minimum Gasteiger partial charge on any atom is -0.462 e. The van der Waals surface area contributed by atoms with E-state index in [0.717, 1.165) is 44.5 Å². The Labute approximate surface area is 273 Å². The second-order valence-corrected chi connectivity index (χ2v) is 11.7. The molecule has 2 aliphatic rings. The van der Waals surface area contributed by atoms with Gasteiger partial charge in [-0.1, -0.05) is 97.1 Å². The molecular formula is C38H38N2O7. The molecule has 242 valence electrons. The van der Waals surface area contributed by atoms with Gasteiger partial charge >= 0.3 is 18.2 Å². The third-order valence-corrected chi connectivity index (χ3v) is 8.79. The average Bonchev–Trinajstić information content (AvgIpc) is 3.60. The van der Waals surface area contributed by atoms with Crippen molar-refractivity contribution in [3.63, 3.8) is 0 Å². The summed E-state index contributed by atoms with van der Waals surface area (Å²) in [5.74, 6) is -0.795. The number of esters is 1. The molecule has 0 saturated heterocycles. The van der Waals surface area contributed by atoms with Crippen LogP contribution in [-0.2, 0) is 19.0 Å². The average molecular weight is 635 g/mol. The van der Waals surface area contributed by atoms with Gasteiger partial charge in [0, 0.05) is 18.4 Å². The molecule has 4 aromatic rings. The maximum absolute atomic E-state index is 12.9. The third kappa shape index (κ3) is 7.15. The van der Waals surface area contributed by atoms with E-state index in [2.05, 4.69) is 47.0 Å². The van der Waals surface area contributed by atoms with Crippen molar-refractivity contribution in [2.75, 3.05) is 33.0 Å². The number of fused-ring (bicyclic) bond motifs is 6. The maximum Gasteiger partial charge on any atom is 0.407 e. The summed E-state index contributed by atoms with van der Waals surface area (Å²) in [5, 5.41) is 14.5. The molecule has 2 aliphatic carbocycles. The highest BCUT2D eigenvalue weighted by molar-refractivity contribution is 5.82. The summed E-state index contributed by atoms with van der Waals surface area (Å²) in [5.41, 5.74) is 9.03. The van der Waals surface area contributed by atoms with E-state index in [1.165, 1.54) is 0 Å². The molecule has 9 nitrogen and oxygen atoms in total. The number of ether oxygens (including phenoxy) is 3. The quantitative estimate of drug-likeness (QED) is 0.0918. The third-order valence-electron chi connectivity index (χ3n) is 8.79. The van der Waals surface area contributed by atoms with Gasteiger partial charge < -0.3 is 30.0 Å². The van der Waals surface area contributed by atoms with Crippen molar-refractivity contribution in [3.8, 4) is 22.3 Å². The molecule has 0 fully saturated rings. The lowest BCUT2D eigenvalue weighted by atomic mass is 9.98. The molecule has 0 aliphatic heterocycles. The number of hydrogen-bond donors (Lipinski definition) is 3. The van der Waals surface area contributed by atoms with Gasteiger partial charge in [0.2, 0.25) is 0 Å². The summed E-state index contributed by atoms with van der Waals surface area (Å²) in [4.78, 5) is 38.1. The number of rotatable bonds is 13. The molecule has 4 aromatic carbocycles. The molecule has 1 unspecified atom stereocenters. The highest BCUT2D eigenvalue weighted by Gasteiger charge is 2.31. The molecule has 1 atom stereocenters. The first-order valence-corrected chi connectivity index (χ1v) is 16.0. The first-order valence-electron chi connectivity index (χ1n) is 16.0. The van der Waals surface area contributed by atoms with Crippen LogP contribution in [0.25, 0.3) is 22.3 Å². The Hall–Kier alpha value is -5.15. The van der Waals surface area contributed by atoms with Gasteiger partial charge in [0.25, 0.3) is 0 Å². The number of carbonyl (C=O) groups is 3. The lowest BCUT2D eigenvalue weighted by molar-refractivity contribution is -0.147. The summed E-state index contributed by atoms with van der Waals surface area (Å²) in [6, 6.07) is 31.4. The second-order valence-electron chi connectivity index (χ2n) is 11.7. The Bertz CT molecular complexity index is 1650. The number of aliphatic hydroxyl groups excluding tert-OH is 1. The second kappa shape index (κ2) is 15.0.